The Morgan fingerprint density at radius 2 is 1.32 bits per heavy atom. The first kappa shape index (κ1) is 22.7. The number of carbonyl (C=O) groups is 1. The lowest BCUT2D eigenvalue weighted by molar-refractivity contribution is -0.123. The number of carbonyl (C=O) groups excluding carboxylic acids is 1. The van der Waals surface area contributed by atoms with Gasteiger partial charge in [0.05, 0.1) is 17.5 Å². The van der Waals surface area contributed by atoms with Crippen LogP contribution in [0.25, 0.3) is 0 Å². The predicted molar refractivity (Wildman–Crippen MR) is 123 cm³/mol. The van der Waals surface area contributed by atoms with E-state index in [-0.39, 0.29) is 23.4 Å². The van der Waals surface area contributed by atoms with Crippen molar-refractivity contribution in [2.45, 2.75) is 31.0 Å². The molecule has 0 aliphatic rings. The van der Waals surface area contributed by atoms with Crippen LogP contribution in [0.15, 0.2) is 89.8 Å². The molecule has 31 heavy (non-hydrogen) atoms. The molecule has 1 atom stereocenters. The summed E-state index contributed by atoms with van der Waals surface area (Å²) in [6, 6.07) is 26.6. The van der Waals surface area contributed by atoms with Crippen molar-refractivity contribution in [3.8, 4) is 0 Å². The van der Waals surface area contributed by atoms with Gasteiger partial charge in [-0.25, -0.2) is 8.42 Å². The minimum absolute atomic E-state index is 0.0773. The van der Waals surface area contributed by atoms with Gasteiger partial charge in [0, 0.05) is 19.3 Å². The molecule has 3 aromatic rings. The van der Waals surface area contributed by atoms with Crippen LogP contribution in [-0.4, -0.2) is 32.0 Å². The summed E-state index contributed by atoms with van der Waals surface area (Å²) in [6.45, 7) is 3.49. The Hall–Kier alpha value is -2.96. The lowest BCUT2D eigenvalue weighted by Gasteiger charge is -2.23. The average molecular weight is 437 g/mol. The fraction of sp³-hybridized carbons (Fsp3) is 0.240. The van der Waals surface area contributed by atoms with E-state index in [0.29, 0.717) is 13.1 Å². The zero-order chi connectivity index (χ0) is 22.3. The number of benzene rings is 3. The highest BCUT2D eigenvalue weighted by Gasteiger charge is 2.16. The first-order chi connectivity index (χ1) is 14.8. The van der Waals surface area contributed by atoms with Gasteiger partial charge in [0.2, 0.25) is 5.91 Å². The molecule has 1 N–H and O–H groups in total. The molecule has 0 bridgehead atoms. The van der Waals surface area contributed by atoms with Crippen molar-refractivity contribution in [1.82, 2.24) is 10.2 Å². The van der Waals surface area contributed by atoms with Crippen molar-refractivity contribution < 1.29 is 13.2 Å². The third-order valence-electron chi connectivity index (χ3n) is 5.05. The molecule has 0 saturated heterocycles. The number of hydrogen-bond acceptors (Lipinski definition) is 4. The van der Waals surface area contributed by atoms with Crippen molar-refractivity contribution in [2.24, 2.45) is 0 Å². The number of amides is 1. The normalized spacial score (nSPS) is 12.5. The Labute approximate surface area is 184 Å². The largest absolute Gasteiger partial charge is 0.348 e. The highest BCUT2D eigenvalue weighted by Crippen LogP contribution is 2.17. The van der Waals surface area contributed by atoms with Crippen LogP contribution < -0.4 is 5.32 Å². The van der Waals surface area contributed by atoms with Crippen LogP contribution in [0.5, 0.6) is 0 Å². The molecule has 0 heterocycles. The number of hydrogen-bond donors (Lipinski definition) is 1. The molecular formula is C25H28N2O3S. The van der Waals surface area contributed by atoms with Crippen LogP contribution in [0.1, 0.15) is 29.7 Å². The van der Waals surface area contributed by atoms with E-state index in [1.165, 1.54) is 6.26 Å². The number of sulfone groups is 1. The van der Waals surface area contributed by atoms with Crippen molar-refractivity contribution in [3.05, 3.63) is 102 Å². The highest BCUT2D eigenvalue weighted by molar-refractivity contribution is 7.90. The van der Waals surface area contributed by atoms with Crippen LogP contribution in [0.3, 0.4) is 0 Å². The second-order valence-electron chi connectivity index (χ2n) is 7.75. The van der Waals surface area contributed by atoms with Gasteiger partial charge in [-0.05, 0) is 35.7 Å². The summed E-state index contributed by atoms with van der Waals surface area (Å²) in [4.78, 5) is 15.2. The topological polar surface area (TPSA) is 66.5 Å². The van der Waals surface area contributed by atoms with E-state index in [4.69, 9.17) is 0 Å². The minimum Gasteiger partial charge on any atom is -0.348 e. The summed E-state index contributed by atoms with van der Waals surface area (Å²) < 4.78 is 23.3. The molecular weight excluding hydrogens is 408 g/mol. The minimum atomic E-state index is -3.24. The number of nitrogens with one attached hydrogen (secondary N) is 1. The molecule has 5 nitrogen and oxygen atoms in total. The molecule has 0 spiro atoms. The fourth-order valence-electron chi connectivity index (χ4n) is 3.43. The van der Waals surface area contributed by atoms with Crippen LogP contribution >= 0.6 is 0 Å². The standard InChI is InChI=1S/C25H28N2O3S/c1-20(23-13-15-24(16-14-23)31(2,29)30)26-25(28)19-27(17-21-9-5-3-6-10-21)18-22-11-7-4-8-12-22/h3-16,20H,17-19H2,1-2H3,(H,26,28)/t20-/m1/s1. The zero-order valence-corrected chi connectivity index (χ0v) is 18.7. The van der Waals surface area contributed by atoms with Crippen LogP contribution in [0.2, 0.25) is 0 Å². The SMILES string of the molecule is C[C@@H](NC(=O)CN(Cc1ccccc1)Cc1ccccc1)c1ccc(S(C)(=O)=O)cc1. The summed E-state index contributed by atoms with van der Waals surface area (Å²) in [6.07, 6.45) is 1.18. The second-order valence-corrected chi connectivity index (χ2v) is 9.76. The van der Waals surface area contributed by atoms with Gasteiger partial charge in [-0.2, -0.15) is 0 Å². The number of nitrogens with zero attached hydrogens (tertiary/aromatic N) is 1. The second kappa shape index (κ2) is 10.4. The van der Waals surface area contributed by atoms with Gasteiger partial charge in [-0.1, -0.05) is 72.8 Å². The molecule has 0 fully saturated rings. The van der Waals surface area contributed by atoms with Gasteiger partial charge in [0.15, 0.2) is 9.84 Å². The summed E-state index contributed by atoms with van der Waals surface area (Å²) >= 11 is 0. The molecule has 1 amide bonds. The van der Waals surface area contributed by atoms with E-state index in [9.17, 15) is 13.2 Å². The Morgan fingerprint density at radius 3 is 1.77 bits per heavy atom. The Balaban J connectivity index is 1.66. The Kier molecular flexibility index (Phi) is 7.60. The molecule has 0 aromatic heterocycles. The molecule has 3 aromatic carbocycles. The third kappa shape index (κ3) is 7.05. The van der Waals surface area contributed by atoms with Crippen molar-refractivity contribution >= 4 is 15.7 Å². The molecule has 3 rings (SSSR count). The highest BCUT2D eigenvalue weighted by atomic mass is 32.2. The molecule has 0 aliphatic heterocycles. The quantitative estimate of drug-likeness (QED) is 0.551. The van der Waals surface area contributed by atoms with E-state index in [1.54, 1.807) is 24.3 Å². The smallest absolute Gasteiger partial charge is 0.234 e. The van der Waals surface area contributed by atoms with Crippen molar-refractivity contribution in [1.29, 1.82) is 0 Å². The summed E-state index contributed by atoms with van der Waals surface area (Å²) in [5.74, 6) is -0.0773. The monoisotopic (exact) mass is 436 g/mol. The van der Waals surface area contributed by atoms with E-state index < -0.39 is 9.84 Å². The molecule has 0 radical (unpaired) electrons. The Bertz CT molecular complexity index is 1040. The third-order valence-corrected chi connectivity index (χ3v) is 6.18. The molecule has 162 valence electrons. The lowest BCUT2D eigenvalue weighted by Crippen LogP contribution is -2.37. The van der Waals surface area contributed by atoms with E-state index in [0.717, 1.165) is 16.7 Å². The molecule has 0 saturated carbocycles. The summed E-state index contributed by atoms with van der Waals surface area (Å²) in [5, 5.41) is 3.03. The fourth-order valence-corrected chi connectivity index (χ4v) is 4.06. The van der Waals surface area contributed by atoms with Gasteiger partial charge in [0.1, 0.15) is 0 Å². The van der Waals surface area contributed by atoms with Gasteiger partial charge in [0.25, 0.3) is 0 Å². The maximum Gasteiger partial charge on any atom is 0.234 e. The van der Waals surface area contributed by atoms with Crippen LogP contribution in [-0.2, 0) is 27.7 Å². The molecule has 6 heteroatoms. The van der Waals surface area contributed by atoms with Gasteiger partial charge in [-0.3, -0.25) is 9.69 Å². The first-order valence-corrected chi connectivity index (χ1v) is 12.1. The zero-order valence-electron chi connectivity index (χ0n) is 17.9. The van der Waals surface area contributed by atoms with E-state index >= 15 is 0 Å². The predicted octanol–water partition coefficient (Wildman–Crippen LogP) is 3.97. The van der Waals surface area contributed by atoms with Crippen LogP contribution in [0, 0.1) is 0 Å². The first-order valence-electron chi connectivity index (χ1n) is 10.2. The average Bonchev–Trinajstić information content (AvgIpc) is 2.74. The van der Waals surface area contributed by atoms with Gasteiger partial charge >= 0.3 is 0 Å². The summed E-state index contributed by atoms with van der Waals surface area (Å²) in [7, 11) is -3.24. The maximum atomic E-state index is 12.8. The number of rotatable bonds is 9. The molecule has 0 unspecified atom stereocenters. The Morgan fingerprint density at radius 1 is 0.839 bits per heavy atom. The van der Waals surface area contributed by atoms with Crippen molar-refractivity contribution in [3.63, 3.8) is 0 Å². The molecule has 0 aliphatic carbocycles. The summed E-state index contributed by atoms with van der Waals surface area (Å²) in [5.41, 5.74) is 3.16. The van der Waals surface area contributed by atoms with Gasteiger partial charge < -0.3 is 5.32 Å². The van der Waals surface area contributed by atoms with Gasteiger partial charge in [-0.15, -0.1) is 0 Å². The van der Waals surface area contributed by atoms with Crippen molar-refractivity contribution in [2.75, 3.05) is 12.8 Å². The maximum absolute atomic E-state index is 12.8. The van der Waals surface area contributed by atoms with E-state index in [2.05, 4.69) is 34.5 Å². The van der Waals surface area contributed by atoms with E-state index in [1.807, 2.05) is 43.3 Å². The van der Waals surface area contributed by atoms with Crippen LogP contribution in [0.4, 0.5) is 0 Å². The lowest BCUT2D eigenvalue weighted by atomic mass is 10.1.